The van der Waals surface area contributed by atoms with Crippen molar-refractivity contribution in [2.75, 3.05) is 0 Å². The number of rotatable bonds is 0. The summed E-state index contributed by atoms with van der Waals surface area (Å²) in [6, 6.07) is 0. The van der Waals surface area contributed by atoms with Gasteiger partial charge in [-0.25, -0.2) is 0 Å². The minimum Gasteiger partial charge on any atom is -0.134 e. The Hall–Kier alpha value is -1.98. The Morgan fingerprint density at radius 2 is 1.17 bits per heavy atom. The molecule has 48 valence electrons. The zero-order valence-corrected chi connectivity index (χ0v) is 8.03. The molecule has 0 rings (SSSR count). The van der Waals surface area contributed by atoms with Gasteiger partial charge < -0.3 is 0 Å². The van der Waals surface area contributed by atoms with Gasteiger partial charge in [0.25, 0.3) is 0 Å². The van der Waals surface area contributed by atoms with E-state index in [1.807, 2.05) is 0 Å². The van der Waals surface area contributed by atoms with Crippen LogP contribution in [0.15, 0.2) is 0 Å². The average molecular weight is 595 g/mol. The normalized spacial score (nSPS) is 4.33. The van der Waals surface area contributed by atoms with Crippen molar-refractivity contribution >= 4 is 8.25 Å². The smallest absolute Gasteiger partial charge is 0.134 e. The molecule has 0 aromatic rings. The number of hydrogen-bond acceptors (Lipinski definition) is 1. The minimum absolute atomic E-state index is 0. The SMILES string of the molecule is O=[P+](O)O.[Fm].[Fm]. The van der Waals surface area contributed by atoms with Crippen molar-refractivity contribution < 1.29 is 14.4 Å². The maximum Gasteiger partial charge on any atom is 0.692 e. The summed E-state index contributed by atoms with van der Waals surface area (Å²) in [4.78, 5) is 14.2. The Labute approximate surface area is 23.8 Å². The summed E-state index contributed by atoms with van der Waals surface area (Å²) in [7, 11) is -2.87. The Kier molecular flexibility index (Phi) is 69.6. The molecule has 6 heavy (non-hydrogen) atoms. The molecule has 6 heteroatoms. The van der Waals surface area contributed by atoms with Crippen LogP contribution in [0, 0.1) is 0 Å². The molecule has 0 spiro atoms. The van der Waals surface area contributed by atoms with Crippen molar-refractivity contribution in [1.29, 1.82) is 0 Å². The molecule has 0 aliphatic rings. The molecule has 0 unspecified atom stereocenters. The molecule has 2 N–H and O–H groups in total. The van der Waals surface area contributed by atoms with E-state index in [0.29, 0.717) is 0 Å². The summed E-state index contributed by atoms with van der Waals surface area (Å²) < 4.78 is 8.70. The second-order valence-corrected chi connectivity index (χ2v) is 0.758. The monoisotopic (exact) mass is 595 g/mol. The van der Waals surface area contributed by atoms with Gasteiger partial charge >= 0.3 is 8.25 Å². The molecule has 0 amide bonds. The molecule has 3 nitrogen and oxygen atoms in total. The Balaban J connectivity index is -0.0000000450. The Bertz CT molecular complexity index is 31.8. The van der Waals surface area contributed by atoms with E-state index in [9.17, 15) is 0 Å². The Morgan fingerprint density at radius 1 is 1.17 bits per heavy atom. The van der Waals surface area contributed by atoms with Crippen LogP contribution in [0.5, 0.6) is 0 Å². The summed E-state index contributed by atoms with van der Waals surface area (Å²) >= 11 is 0. The first-order chi connectivity index (χ1) is 1.73. The van der Waals surface area contributed by atoms with Crippen LogP contribution >= 0.6 is 8.25 Å². The largest absolute Gasteiger partial charge is 0.692 e. The molecular formula is H2Fm2O3P+. The van der Waals surface area contributed by atoms with Gasteiger partial charge in [0, 0.05) is 4.57 Å². The second-order valence-electron chi connectivity index (χ2n) is 0.253. The van der Waals surface area contributed by atoms with Gasteiger partial charge in [0.15, 0.2) is 0 Å². The maximum absolute atomic E-state index is 8.70. The van der Waals surface area contributed by atoms with Gasteiger partial charge in [-0.1, -0.05) is 0 Å². The first-order valence-corrected chi connectivity index (χ1v) is 1.75. The first-order valence-electron chi connectivity index (χ1n) is 0.583. The van der Waals surface area contributed by atoms with Crippen molar-refractivity contribution in [2.24, 2.45) is 0 Å². The molecule has 0 atom stereocenters. The average Bonchev–Trinajstić information content (AvgIpc) is 0.811. The molecule has 0 aliphatic carbocycles. The molecule has 0 aromatic heterocycles. The standard InChI is InChI=1S/2Fm.HO3P/c;;1-4(2)3/h;;(H-,1,2,3)/p+1. The zero-order valence-electron chi connectivity index (χ0n) is 2.33. The van der Waals surface area contributed by atoms with E-state index in [-0.39, 0.29) is 0 Å². The van der Waals surface area contributed by atoms with Crippen molar-refractivity contribution in [1.82, 2.24) is 0 Å². The molecule has 0 aliphatic heterocycles. The second kappa shape index (κ2) is 11.8. The van der Waals surface area contributed by atoms with Gasteiger partial charge in [-0.2, -0.15) is 0 Å². The van der Waals surface area contributed by atoms with Crippen LogP contribution in [0.3, 0.4) is 0 Å². The van der Waals surface area contributed by atoms with E-state index in [4.69, 9.17) is 14.4 Å². The van der Waals surface area contributed by atoms with Crippen molar-refractivity contribution in [3.63, 3.8) is 0 Å². The minimum atomic E-state index is -2.87. The van der Waals surface area contributed by atoms with Crippen LogP contribution in [-0.2, 0) is 4.57 Å². The summed E-state index contributed by atoms with van der Waals surface area (Å²) in [6.07, 6.45) is 0. The first kappa shape index (κ1) is 35.2. The van der Waals surface area contributed by atoms with Gasteiger partial charge in [-0.15, -0.1) is 9.79 Å². The van der Waals surface area contributed by atoms with E-state index in [2.05, 4.69) is 0 Å². The molecule has 0 saturated heterocycles. The van der Waals surface area contributed by atoms with Crippen LogP contribution in [-0.4, -0.2) is 9.79 Å². The predicted molar refractivity (Wildman–Crippen MR) is 12.0 cm³/mol. The fourth-order valence-corrected chi connectivity index (χ4v) is 0. The summed E-state index contributed by atoms with van der Waals surface area (Å²) in [5.74, 6) is 0. The van der Waals surface area contributed by atoms with Gasteiger partial charge in [0.05, 0.1) is 0 Å². The van der Waals surface area contributed by atoms with Gasteiger partial charge in [-0.05, 0) is 0 Å². The van der Waals surface area contributed by atoms with Gasteiger partial charge in [0.1, 0.15) is 0 Å². The molecular weight excluding hydrogens is 593 g/mol. The third kappa shape index (κ3) is 0.536. The third-order valence-electron chi connectivity index (χ3n) is 0. The van der Waals surface area contributed by atoms with Crippen LogP contribution in [0.4, 0.5) is 0 Å². The fourth-order valence-electron chi connectivity index (χ4n) is 0. The molecule has 0 heterocycles. The summed E-state index contributed by atoms with van der Waals surface area (Å²) in [5.41, 5.74) is 0. The van der Waals surface area contributed by atoms with Crippen LogP contribution in [0.25, 0.3) is 0 Å². The molecule has 0 fully saturated rings. The number of hydrogen-bond donors (Lipinski definition) is 2. The van der Waals surface area contributed by atoms with Crippen LogP contribution in [0.1, 0.15) is 0 Å². The van der Waals surface area contributed by atoms with E-state index in [0.717, 1.165) is 0 Å². The van der Waals surface area contributed by atoms with Crippen LogP contribution < -0.4 is 0 Å². The van der Waals surface area contributed by atoms with Crippen molar-refractivity contribution in [2.45, 2.75) is 0 Å². The van der Waals surface area contributed by atoms with E-state index < -0.39 is 8.25 Å². The Morgan fingerprint density at radius 3 is 1.17 bits per heavy atom. The van der Waals surface area contributed by atoms with E-state index >= 15 is 0 Å². The van der Waals surface area contributed by atoms with Crippen molar-refractivity contribution in [3.8, 4) is 0 Å². The fraction of sp³-hybridized carbons (Fsp3) is 0. The zero-order chi connectivity index (χ0) is 3.58. The molecule has 0 aromatic carbocycles. The van der Waals surface area contributed by atoms with Crippen LogP contribution in [0.2, 0.25) is 0 Å². The topological polar surface area (TPSA) is 57.5 Å². The molecule has 0 radical (unpaired) electrons. The van der Waals surface area contributed by atoms with E-state index in [1.165, 1.54) is 0 Å². The summed E-state index contributed by atoms with van der Waals surface area (Å²) in [5, 5.41) is 0. The van der Waals surface area contributed by atoms with E-state index in [1.54, 1.807) is 0 Å². The molecule has 0 saturated carbocycles. The summed E-state index contributed by atoms with van der Waals surface area (Å²) in [6.45, 7) is 0. The third-order valence-corrected chi connectivity index (χ3v) is 0. The maximum atomic E-state index is 8.70. The quantitative estimate of drug-likeness (QED) is 0.377. The van der Waals surface area contributed by atoms with Gasteiger partial charge in [0.2, 0.25) is 0 Å². The van der Waals surface area contributed by atoms with Gasteiger partial charge in [-0.3, -0.25) is 0 Å². The molecule has 0 bridgehead atoms. The van der Waals surface area contributed by atoms with Crippen molar-refractivity contribution in [3.05, 3.63) is 0 Å². The predicted octanol–water partition coefficient (Wildman–Crippen LogP) is -0.372.